The minimum absolute atomic E-state index is 0.208. The Morgan fingerprint density at radius 3 is 2.82 bits per heavy atom. The molecule has 0 aromatic rings. The van der Waals surface area contributed by atoms with E-state index in [0.29, 0.717) is 13.0 Å². The quantitative estimate of drug-likeness (QED) is 0.625. The van der Waals surface area contributed by atoms with Gasteiger partial charge in [0.15, 0.2) is 0 Å². The molecule has 17 heavy (non-hydrogen) atoms. The van der Waals surface area contributed by atoms with Gasteiger partial charge in [0.2, 0.25) is 10.0 Å². The van der Waals surface area contributed by atoms with Crippen LogP contribution in [0.3, 0.4) is 0 Å². The normalized spacial score (nSPS) is 22.5. The molecule has 1 saturated heterocycles. The summed E-state index contributed by atoms with van der Waals surface area (Å²) < 4.78 is 35.3. The van der Waals surface area contributed by atoms with E-state index in [1.54, 1.807) is 0 Å². The van der Waals surface area contributed by atoms with E-state index in [2.05, 4.69) is 9.46 Å². The van der Waals surface area contributed by atoms with Crippen molar-refractivity contribution in [3.63, 3.8) is 0 Å². The maximum atomic E-state index is 11.7. The average molecular weight is 267 g/mol. The van der Waals surface area contributed by atoms with E-state index in [1.165, 1.54) is 7.11 Å². The SMILES string of the molecule is COCC(NS(=O)(=O)CC1CCCO1)C(=O)O. The molecular formula is C9H17NO6S. The number of aliphatic carboxylic acids is 1. The summed E-state index contributed by atoms with van der Waals surface area (Å²) >= 11 is 0. The van der Waals surface area contributed by atoms with Crippen molar-refractivity contribution in [2.24, 2.45) is 0 Å². The lowest BCUT2D eigenvalue weighted by molar-refractivity contribution is -0.140. The van der Waals surface area contributed by atoms with Crippen LogP contribution in [0.25, 0.3) is 0 Å². The summed E-state index contributed by atoms with van der Waals surface area (Å²) in [5.41, 5.74) is 0. The van der Waals surface area contributed by atoms with Gasteiger partial charge < -0.3 is 14.6 Å². The second-order valence-corrected chi connectivity index (χ2v) is 5.68. The van der Waals surface area contributed by atoms with Crippen molar-refractivity contribution in [3.05, 3.63) is 0 Å². The molecule has 2 N–H and O–H groups in total. The summed E-state index contributed by atoms with van der Waals surface area (Å²) in [5, 5.41) is 8.79. The highest BCUT2D eigenvalue weighted by atomic mass is 32.2. The van der Waals surface area contributed by atoms with Gasteiger partial charge in [-0.3, -0.25) is 4.79 Å². The number of carboxylic acid groups (broad SMARTS) is 1. The Bertz CT molecular complexity index is 348. The lowest BCUT2D eigenvalue weighted by atomic mass is 10.3. The Kier molecular flexibility index (Phi) is 5.31. The molecule has 100 valence electrons. The van der Waals surface area contributed by atoms with Gasteiger partial charge in [-0.1, -0.05) is 0 Å². The van der Waals surface area contributed by atoms with Crippen molar-refractivity contribution in [3.8, 4) is 0 Å². The van der Waals surface area contributed by atoms with Crippen LogP contribution in [0.15, 0.2) is 0 Å². The highest BCUT2D eigenvalue weighted by Gasteiger charge is 2.28. The molecule has 0 bridgehead atoms. The molecule has 1 rings (SSSR count). The van der Waals surface area contributed by atoms with Gasteiger partial charge in [-0.2, -0.15) is 4.72 Å². The zero-order valence-electron chi connectivity index (χ0n) is 9.59. The smallest absolute Gasteiger partial charge is 0.324 e. The lowest BCUT2D eigenvalue weighted by Crippen LogP contribution is -2.46. The first kappa shape index (κ1) is 14.4. The number of ether oxygens (including phenoxy) is 2. The van der Waals surface area contributed by atoms with Gasteiger partial charge in [0.25, 0.3) is 0 Å². The van der Waals surface area contributed by atoms with Gasteiger partial charge in [0.1, 0.15) is 6.04 Å². The van der Waals surface area contributed by atoms with E-state index in [9.17, 15) is 13.2 Å². The first-order valence-corrected chi connectivity index (χ1v) is 6.93. The van der Waals surface area contributed by atoms with E-state index in [4.69, 9.17) is 9.84 Å². The van der Waals surface area contributed by atoms with Gasteiger partial charge in [0, 0.05) is 13.7 Å². The van der Waals surface area contributed by atoms with Crippen molar-refractivity contribution in [2.75, 3.05) is 26.1 Å². The number of sulfonamides is 1. The van der Waals surface area contributed by atoms with E-state index in [-0.39, 0.29) is 18.5 Å². The molecule has 1 fully saturated rings. The molecule has 1 heterocycles. The Labute approximate surface area is 100 Å². The fourth-order valence-electron chi connectivity index (χ4n) is 1.61. The van der Waals surface area contributed by atoms with Gasteiger partial charge in [0.05, 0.1) is 18.5 Å². The monoisotopic (exact) mass is 267 g/mol. The Morgan fingerprint density at radius 2 is 2.35 bits per heavy atom. The number of methoxy groups -OCH3 is 1. The van der Waals surface area contributed by atoms with Crippen LogP contribution in [0.5, 0.6) is 0 Å². The number of carbonyl (C=O) groups is 1. The molecule has 0 radical (unpaired) electrons. The highest BCUT2D eigenvalue weighted by molar-refractivity contribution is 7.89. The van der Waals surface area contributed by atoms with Crippen LogP contribution in [-0.4, -0.2) is 57.7 Å². The molecule has 0 saturated carbocycles. The van der Waals surface area contributed by atoms with Crippen LogP contribution in [-0.2, 0) is 24.3 Å². The molecule has 0 amide bonds. The predicted molar refractivity (Wildman–Crippen MR) is 59.2 cm³/mol. The van der Waals surface area contributed by atoms with Crippen LogP contribution in [0.2, 0.25) is 0 Å². The average Bonchev–Trinajstić information content (AvgIpc) is 2.68. The fourth-order valence-corrected chi connectivity index (χ4v) is 3.06. The van der Waals surface area contributed by atoms with Crippen LogP contribution >= 0.6 is 0 Å². The van der Waals surface area contributed by atoms with Gasteiger partial charge >= 0.3 is 5.97 Å². The standard InChI is InChI=1S/C9H17NO6S/c1-15-5-8(9(11)12)10-17(13,14)6-7-3-2-4-16-7/h7-8,10H,2-6H2,1H3,(H,11,12). The summed E-state index contributed by atoms with van der Waals surface area (Å²) in [6.07, 6.45) is 1.17. The van der Waals surface area contributed by atoms with E-state index in [1.807, 2.05) is 0 Å². The molecule has 2 atom stereocenters. The fraction of sp³-hybridized carbons (Fsp3) is 0.889. The third-order valence-corrected chi connectivity index (χ3v) is 3.84. The van der Waals surface area contributed by atoms with Crippen molar-refractivity contribution < 1.29 is 27.8 Å². The molecule has 0 aromatic carbocycles. The number of nitrogens with one attached hydrogen (secondary N) is 1. The number of hydrogen-bond donors (Lipinski definition) is 2. The van der Waals surface area contributed by atoms with E-state index < -0.39 is 22.0 Å². The molecule has 1 aliphatic heterocycles. The van der Waals surface area contributed by atoms with Crippen molar-refractivity contribution in [1.82, 2.24) is 4.72 Å². The molecule has 8 heteroatoms. The Balaban J connectivity index is 2.53. The zero-order chi connectivity index (χ0) is 12.9. The van der Waals surface area contributed by atoms with Crippen molar-refractivity contribution >= 4 is 16.0 Å². The maximum absolute atomic E-state index is 11.7. The molecule has 1 aliphatic rings. The minimum atomic E-state index is -3.67. The predicted octanol–water partition coefficient (Wildman–Crippen LogP) is -0.816. The van der Waals surface area contributed by atoms with Crippen LogP contribution in [0.4, 0.5) is 0 Å². The van der Waals surface area contributed by atoms with Gasteiger partial charge in [-0.25, -0.2) is 8.42 Å². The largest absolute Gasteiger partial charge is 0.480 e. The molecule has 0 spiro atoms. The molecular weight excluding hydrogens is 250 g/mol. The van der Waals surface area contributed by atoms with Crippen molar-refractivity contribution in [2.45, 2.75) is 25.0 Å². The van der Waals surface area contributed by atoms with Gasteiger partial charge in [-0.05, 0) is 12.8 Å². The Morgan fingerprint density at radius 1 is 1.65 bits per heavy atom. The highest BCUT2D eigenvalue weighted by Crippen LogP contribution is 2.13. The number of hydrogen-bond acceptors (Lipinski definition) is 5. The second-order valence-electron chi connectivity index (χ2n) is 3.88. The Hall–Kier alpha value is -0.700. The van der Waals surface area contributed by atoms with Crippen LogP contribution in [0, 0.1) is 0 Å². The summed E-state index contributed by atoms with van der Waals surface area (Å²) in [6.45, 7) is 0.348. The van der Waals surface area contributed by atoms with Crippen LogP contribution < -0.4 is 4.72 Å². The third-order valence-electron chi connectivity index (χ3n) is 2.38. The van der Waals surface area contributed by atoms with E-state index >= 15 is 0 Å². The number of carboxylic acids is 1. The summed E-state index contributed by atoms with van der Waals surface area (Å²) in [6, 6.07) is -1.26. The summed E-state index contributed by atoms with van der Waals surface area (Å²) in [5.74, 6) is -1.47. The zero-order valence-corrected chi connectivity index (χ0v) is 10.4. The molecule has 0 aliphatic carbocycles. The first-order valence-electron chi connectivity index (χ1n) is 5.28. The molecule has 2 unspecified atom stereocenters. The van der Waals surface area contributed by atoms with Crippen molar-refractivity contribution in [1.29, 1.82) is 0 Å². The maximum Gasteiger partial charge on any atom is 0.324 e. The number of rotatable bonds is 7. The second kappa shape index (κ2) is 6.29. The summed E-state index contributed by atoms with van der Waals surface area (Å²) in [4.78, 5) is 10.8. The minimum Gasteiger partial charge on any atom is -0.480 e. The molecule has 0 aromatic heterocycles. The topological polar surface area (TPSA) is 102 Å². The first-order chi connectivity index (χ1) is 7.94. The van der Waals surface area contributed by atoms with Gasteiger partial charge in [-0.15, -0.1) is 0 Å². The lowest BCUT2D eigenvalue weighted by Gasteiger charge is -2.15. The van der Waals surface area contributed by atoms with E-state index in [0.717, 1.165) is 6.42 Å². The third kappa shape index (κ3) is 4.99. The van der Waals surface area contributed by atoms with Crippen LogP contribution in [0.1, 0.15) is 12.8 Å². The molecule has 7 nitrogen and oxygen atoms in total. The summed E-state index contributed by atoms with van der Waals surface area (Å²) in [7, 11) is -2.36.